The summed E-state index contributed by atoms with van der Waals surface area (Å²) in [5.74, 6) is 0. The molecule has 0 aromatic carbocycles. The molecule has 0 aliphatic carbocycles. The van der Waals surface area contributed by atoms with Crippen LogP contribution in [0.2, 0.25) is 0 Å². The highest BCUT2D eigenvalue weighted by atomic mass is 31.2. The molecule has 0 unspecified atom stereocenters. The molecule has 0 heterocycles. The molecule has 5 heteroatoms. The number of hydrogen-bond acceptors (Lipinski definition) is 3. The van der Waals surface area contributed by atoms with Crippen molar-refractivity contribution in [3.05, 3.63) is 24.3 Å². The summed E-state index contributed by atoms with van der Waals surface area (Å²) in [4.78, 5) is 9.29. The zero-order valence-electron chi connectivity index (χ0n) is 10.7. The summed E-state index contributed by atoms with van der Waals surface area (Å²) in [6, 6.07) is 0. The molecule has 0 aromatic rings. The first-order valence-corrected chi connectivity index (χ1v) is 7.53. The maximum absolute atomic E-state index is 11.3. The second-order valence-corrected chi connectivity index (χ2v) is 4.93. The number of rotatable bonds is 10. The SMILES string of the molecule is CC/C=C\CCOP(=O)(O)OCC/C=C\CC. The molecule has 1 N–H and O–H groups in total. The summed E-state index contributed by atoms with van der Waals surface area (Å²) in [6.07, 6.45) is 11.0. The van der Waals surface area contributed by atoms with Gasteiger partial charge in [0.1, 0.15) is 0 Å². The van der Waals surface area contributed by atoms with Crippen molar-refractivity contribution in [2.75, 3.05) is 13.2 Å². The number of allylic oxidation sites excluding steroid dienone is 2. The molecule has 0 aromatic heterocycles. The van der Waals surface area contributed by atoms with Crippen LogP contribution in [0.3, 0.4) is 0 Å². The van der Waals surface area contributed by atoms with Crippen molar-refractivity contribution in [2.24, 2.45) is 0 Å². The van der Waals surface area contributed by atoms with Gasteiger partial charge in [-0.2, -0.15) is 0 Å². The lowest BCUT2D eigenvalue weighted by atomic mass is 10.3. The van der Waals surface area contributed by atoms with Crippen LogP contribution in [0.15, 0.2) is 24.3 Å². The number of hydrogen-bond donors (Lipinski definition) is 1. The molecule has 0 fully saturated rings. The maximum atomic E-state index is 11.3. The quantitative estimate of drug-likeness (QED) is 0.369. The van der Waals surface area contributed by atoms with Gasteiger partial charge in [-0.1, -0.05) is 38.2 Å². The van der Waals surface area contributed by atoms with Crippen LogP contribution >= 0.6 is 7.82 Å². The number of phosphoric ester groups is 1. The zero-order chi connectivity index (χ0) is 13.0. The molecular weight excluding hydrogens is 239 g/mol. The fourth-order valence-corrected chi connectivity index (χ4v) is 1.83. The average Bonchev–Trinajstić information content (AvgIpc) is 2.28. The Kier molecular flexibility index (Phi) is 10.5. The normalized spacial score (nSPS) is 12.9. The predicted molar refractivity (Wildman–Crippen MR) is 69.8 cm³/mol. The minimum Gasteiger partial charge on any atom is -0.302 e. The van der Waals surface area contributed by atoms with Crippen molar-refractivity contribution in [1.82, 2.24) is 0 Å². The standard InChI is InChI=1S/C12H23O4P/c1-3-5-7-9-11-15-17(13,14)16-12-10-8-6-4-2/h5-8H,3-4,9-12H2,1-2H3,(H,13,14)/b7-5-,8-6-. The molecule has 0 bridgehead atoms. The topological polar surface area (TPSA) is 55.8 Å². The lowest BCUT2D eigenvalue weighted by Crippen LogP contribution is -1.97. The second kappa shape index (κ2) is 10.7. The van der Waals surface area contributed by atoms with E-state index in [9.17, 15) is 9.46 Å². The van der Waals surface area contributed by atoms with Crippen molar-refractivity contribution in [2.45, 2.75) is 39.5 Å². The molecule has 0 spiro atoms. The average molecular weight is 262 g/mol. The molecule has 0 atom stereocenters. The van der Waals surface area contributed by atoms with Gasteiger partial charge in [0, 0.05) is 0 Å². The highest BCUT2D eigenvalue weighted by molar-refractivity contribution is 7.47. The van der Waals surface area contributed by atoms with Crippen molar-refractivity contribution < 1.29 is 18.5 Å². The summed E-state index contributed by atoms with van der Waals surface area (Å²) in [5, 5.41) is 0. The molecule has 0 aliphatic heterocycles. The van der Waals surface area contributed by atoms with Gasteiger partial charge in [-0.15, -0.1) is 0 Å². The van der Waals surface area contributed by atoms with Crippen LogP contribution in [0.25, 0.3) is 0 Å². The first-order chi connectivity index (χ1) is 8.12. The van der Waals surface area contributed by atoms with E-state index in [1.165, 1.54) is 0 Å². The van der Waals surface area contributed by atoms with Gasteiger partial charge in [-0.05, 0) is 25.7 Å². The van der Waals surface area contributed by atoms with Gasteiger partial charge in [0.25, 0.3) is 0 Å². The van der Waals surface area contributed by atoms with E-state index < -0.39 is 7.82 Å². The largest absolute Gasteiger partial charge is 0.472 e. The van der Waals surface area contributed by atoms with Crippen LogP contribution in [0.4, 0.5) is 0 Å². The third-order valence-electron chi connectivity index (χ3n) is 1.88. The van der Waals surface area contributed by atoms with Gasteiger partial charge >= 0.3 is 7.82 Å². The van der Waals surface area contributed by atoms with Gasteiger partial charge in [-0.3, -0.25) is 9.05 Å². The van der Waals surface area contributed by atoms with Crippen molar-refractivity contribution in [3.8, 4) is 0 Å². The molecule has 4 nitrogen and oxygen atoms in total. The van der Waals surface area contributed by atoms with Gasteiger partial charge in [0.05, 0.1) is 13.2 Å². The Bertz CT molecular complexity index is 250. The highest BCUT2D eigenvalue weighted by Gasteiger charge is 2.19. The fourth-order valence-electron chi connectivity index (χ4n) is 1.08. The Labute approximate surface area is 104 Å². The lowest BCUT2D eigenvalue weighted by molar-refractivity contribution is 0.153. The van der Waals surface area contributed by atoms with E-state index in [0.717, 1.165) is 12.8 Å². The summed E-state index contributed by atoms with van der Waals surface area (Å²) < 4.78 is 20.9. The van der Waals surface area contributed by atoms with Gasteiger partial charge < -0.3 is 4.89 Å². The van der Waals surface area contributed by atoms with E-state index >= 15 is 0 Å². The highest BCUT2D eigenvalue weighted by Crippen LogP contribution is 2.43. The molecule has 0 amide bonds. The van der Waals surface area contributed by atoms with Crippen LogP contribution < -0.4 is 0 Å². The van der Waals surface area contributed by atoms with Crippen LogP contribution in [0, 0.1) is 0 Å². The van der Waals surface area contributed by atoms with Crippen molar-refractivity contribution >= 4 is 7.82 Å². The van der Waals surface area contributed by atoms with E-state index in [1.807, 2.05) is 38.2 Å². The first kappa shape index (κ1) is 16.6. The van der Waals surface area contributed by atoms with Crippen LogP contribution in [0.1, 0.15) is 39.5 Å². The van der Waals surface area contributed by atoms with E-state index in [0.29, 0.717) is 12.8 Å². The Balaban J connectivity index is 3.62. The van der Waals surface area contributed by atoms with E-state index in [2.05, 4.69) is 0 Å². The fraction of sp³-hybridized carbons (Fsp3) is 0.667. The van der Waals surface area contributed by atoms with Gasteiger partial charge in [0.15, 0.2) is 0 Å². The second-order valence-electron chi connectivity index (χ2n) is 3.47. The van der Waals surface area contributed by atoms with E-state index in [-0.39, 0.29) is 13.2 Å². The number of phosphoric acid groups is 1. The van der Waals surface area contributed by atoms with E-state index in [1.54, 1.807) is 0 Å². The maximum Gasteiger partial charge on any atom is 0.472 e. The third-order valence-corrected chi connectivity index (χ3v) is 2.90. The molecular formula is C12H23O4P. The van der Waals surface area contributed by atoms with Gasteiger partial charge in [-0.25, -0.2) is 4.57 Å². The van der Waals surface area contributed by atoms with Crippen molar-refractivity contribution in [3.63, 3.8) is 0 Å². The van der Waals surface area contributed by atoms with Crippen molar-refractivity contribution in [1.29, 1.82) is 0 Å². The van der Waals surface area contributed by atoms with E-state index in [4.69, 9.17) is 9.05 Å². The van der Waals surface area contributed by atoms with Crippen LogP contribution in [0.5, 0.6) is 0 Å². The minimum absolute atomic E-state index is 0.203. The molecule has 0 saturated heterocycles. The summed E-state index contributed by atoms with van der Waals surface area (Å²) in [7, 11) is -3.86. The molecule has 17 heavy (non-hydrogen) atoms. The summed E-state index contributed by atoms with van der Waals surface area (Å²) in [6.45, 7) is 4.46. The third kappa shape index (κ3) is 11.8. The molecule has 0 rings (SSSR count). The van der Waals surface area contributed by atoms with Crippen LogP contribution in [-0.4, -0.2) is 18.1 Å². The Morgan fingerprint density at radius 2 is 1.35 bits per heavy atom. The Morgan fingerprint density at radius 1 is 0.941 bits per heavy atom. The lowest BCUT2D eigenvalue weighted by Gasteiger charge is -2.10. The Hall–Kier alpha value is -0.410. The Morgan fingerprint density at radius 3 is 1.71 bits per heavy atom. The molecule has 100 valence electrons. The smallest absolute Gasteiger partial charge is 0.302 e. The monoisotopic (exact) mass is 262 g/mol. The summed E-state index contributed by atoms with van der Waals surface area (Å²) >= 11 is 0. The zero-order valence-corrected chi connectivity index (χ0v) is 11.6. The van der Waals surface area contributed by atoms with Crippen LogP contribution in [-0.2, 0) is 13.6 Å². The predicted octanol–water partition coefficient (Wildman–Crippen LogP) is 3.83. The van der Waals surface area contributed by atoms with Gasteiger partial charge in [0.2, 0.25) is 0 Å². The molecule has 0 aliphatic rings. The first-order valence-electron chi connectivity index (χ1n) is 6.04. The summed E-state index contributed by atoms with van der Waals surface area (Å²) in [5.41, 5.74) is 0. The molecule has 0 saturated carbocycles. The minimum atomic E-state index is -3.86. The molecule has 0 radical (unpaired) electrons.